The zero-order valence-electron chi connectivity index (χ0n) is 11.6. The molecule has 0 spiro atoms. The number of rotatable bonds is 5. The van der Waals surface area contributed by atoms with Crippen molar-refractivity contribution in [3.05, 3.63) is 51.7 Å². The molecule has 2 nitrogen and oxygen atoms in total. The van der Waals surface area contributed by atoms with Crippen molar-refractivity contribution in [1.82, 2.24) is 10.3 Å². The molecule has 0 radical (unpaired) electrons. The molecule has 0 bridgehead atoms. The van der Waals surface area contributed by atoms with E-state index in [0.29, 0.717) is 12.0 Å². The van der Waals surface area contributed by atoms with Crippen LogP contribution in [-0.2, 0) is 13.0 Å². The number of thiazole rings is 1. The lowest BCUT2D eigenvalue weighted by Gasteiger charge is -2.36. The fraction of sp³-hybridized carbons (Fsp3) is 0.438. The number of nitrogens with zero attached hydrogens (tertiary/aromatic N) is 1. The van der Waals surface area contributed by atoms with Gasteiger partial charge in [0.05, 0.1) is 0 Å². The predicted octanol–water partition coefficient (Wildman–Crippen LogP) is 3.88. The second-order valence-electron chi connectivity index (χ2n) is 5.34. The van der Waals surface area contributed by atoms with Crippen molar-refractivity contribution in [1.29, 1.82) is 0 Å². The Morgan fingerprint density at radius 3 is 2.85 bits per heavy atom. The summed E-state index contributed by atoms with van der Waals surface area (Å²) >= 11 is 1.78. The monoisotopic (exact) mass is 290 g/mol. The summed E-state index contributed by atoms with van der Waals surface area (Å²) in [5.41, 5.74) is 0.869. The molecule has 4 heteroatoms. The highest BCUT2D eigenvalue weighted by molar-refractivity contribution is 7.11. The van der Waals surface area contributed by atoms with Crippen LogP contribution in [0.2, 0.25) is 0 Å². The molecule has 1 saturated carbocycles. The molecule has 1 aromatic carbocycles. The zero-order valence-corrected chi connectivity index (χ0v) is 12.4. The average molecular weight is 290 g/mol. The second-order valence-corrected chi connectivity index (χ2v) is 6.54. The number of aromatic nitrogens is 1. The molecular weight excluding hydrogens is 271 g/mol. The van der Waals surface area contributed by atoms with E-state index in [1.807, 2.05) is 18.3 Å². The maximum atomic E-state index is 13.7. The van der Waals surface area contributed by atoms with Gasteiger partial charge >= 0.3 is 0 Å². The first-order chi connectivity index (χ1) is 9.76. The van der Waals surface area contributed by atoms with Gasteiger partial charge in [-0.3, -0.25) is 0 Å². The zero-order chi connectivity index (χ0) is 13.9. The maximum absolute atomic E-state index is 13.7. The summed E-state index contributed by atoms with van der Waals surface area (Å²) in [7, 11) is 0. The van der Waals surface area contributed by atoms with Crippen molar-refractivity contribution in [2.24, 2.45) is 0 Å². The highest BCUT2D eigenvalue weighted by Gasteiger charge is 2.31. The van der Waals surface area contributed by atoms with Gasteiger partial charge in [0.2, 0.25) is 0 Å². The van der Waals surface area contributed by atoms with E-state index < -0.39 is 0 Å². The van der Waals surface area contributed by atoms with Crippen LogP contribution in [0.3, 0.4) is 0 Å². The smallest absolute Gasteiger partial charge is 0.126 e. The number of aryl methyl sites for hydroxylation is 1. The summed E-state index contributed by atoms with van der Waals surface area (Å²) in [6.45, 7) is 2.98. The normalized spacial score (nSPS) is 21.7. The van der Waals surface area contributed by atoms with Crippen molar-refractivity contribution in [3.8, 4) is 0 Å². The predicted molar refractivity (Wildman–Crippen MR) is 80.5 cm³/mol. The number of benzene rings is 1. The highest BCUT2D eigenvalue weighted by Crippen LogP contribution is 2.38. The molecule has 1 fully saturated rings. The number of nitrogens with one attached hydrogen (secondary N) is 1. The number of hydrogen-bond donors (Lipinski definition) is 1. The molecule has 0 atom stereocenters. The summed E-state index contributed by atoms with van der Waals surface area (Å²) in [5, 5.41) is 4.67. The van der Waals surface area contributed by atoms with Gasteiger partial charge in [-0.05, 0) is 36.8 Å². The third-order valence-corrected chi connectivity index (χ3v) is 5.12. The van der Waals surface area contributed by atoms with Crippen molar-refractivity contribution in [2.45, 2.75) is 44.7 Å². The molecule has 106 valence electrons. The fourth-order valence-corrected chi connectivity index (χ4v) is 3.48. The Hall–Kier alpha value is -1.26. The summed E-state index contributed by atoms with van der Waals surface area (Å²) in [5.74, 6) is 0.305. The van der Waals surface area contributed by atoms with Crippen LogP contribution in [0, 0.1) is 5.82 Å². The number of hydrogen-bond acceptors (Lipinski definition) is 3. The van der Waals surface area contributed by atoms with Gasteiger partial charge < -0.3 is 5.32 Å². The van der Waals surface area contributed by atoms with E-state index in [0.717, 1.165) is 36.4 Å². The fourth-order valence-electron chi connectivity index (χ4n) is 2.67. The lowest BCUT2D eigenvalue weighted by molar-refractivity contribution is 0.284. The average Bonchev–Trinajstić information content (AvgIpc) is 2.87. The van der Waals surface area contributed by atoms with E-state index in [1.54, 1.807) is 23.5 Å². The quantitative estimate of drug-likeness (QED) is 0.904. The van der Waals surface area contributed by atoms with Gasteiger partial charge in [-0.1, -0.05) is 25.1 Å². The molecule has 20 heavy (non-hydrogen) atoms. The Balaban J connectivity index is 1.48. The van der Waals surface area contributed by atoms with Crippen LogP contribution >= 0.6 is 11.3 Å². The van der Waals surface area contributed by atoms with Crippen molar-refractivity contribution in [2.75, 3.05) is 0 Å². The van der Waals surface area contributed by atoms with E-state index in [4.69, 9.17) is 0 Å². The van der Waals surface area contributed by atoms with Crippen LogP contribution < -0.4 is 5.32 Å². The van der Waals surface area contributed by atoms with E-state index >= 15 is 0 Å². The van der Waals surface area contributed by atoms with Crippen LogP contribution in [0.25, 0.3) is 0 Å². The molecule has 2 aromatic rings. The van der Waals surface area contributed by atoms with E-state index in [2.05, 4.69) is 17.2 Å². The Morgan fingerprint density at radius 1 is 1.35 bits per heavy atom. The van der Waals surface area contributed by atoms with Crippen molar-refractivity contribution >= 4 is 11.3 Å². The SMILES string of the molecule is CCc1cnc(CNC2CC(c3ccccc3F)C2)s1. The molecule has 1 aromatic heterocycles. The van der Waals surface area contributed by atoms with Gasteiger partial charge in [0.25, 0.3) is 0 Å². The molecule has 1 aliphatic rings. The summed E-state index contributed by atoms with van der Waals surface area (Å²) in [4.78, 5) is 5.74. The second kappa shape index (κ2) is 6.02. The van der Waals surface area contributed by atoms with Gasteiger partial charge in [0.1, 0.15) is 10.8 Å². The molecule has 1 aliphatic carbocycles. The van der Waals surface area contributed by atoms with Gasteiger partial charge in [-0.2, -0.15) is 0 Å². The van der Waals surface area contributed by atoms with Crippen LogP contribution in [0.1, 0.15) is 41.1 Å². The van der Waals surface area contributed by atoms with Crippen LogP contribution in [0.4, 0.5) is 4.39 Å². The van der Waals surface area contributed by atoms with E-state index in [1.165, 1.54) is 4.88 Å². The molecule has 0 saturated heterocycles. The van der Waals surface area contributed by atoms with Gasteiger partial charge in [0, 0.05) is 23.7 Å². The summed E-state index contributed by atoms with van der Waals surface area (Å²) in [6.07, 6.45) is 5.06. The molecule has 3 rings (SSSR count). The lowest BCUT2D eigenvalue weighted by Crippen LogP contribution is -2.39. The Bertz CT molecular complexity index is 575. The molecule has 0 unspecified atom stereocenters. The Morgan fingerprint density at radius 2 is 2.15 bits per heavy atom. The van der Waals surface area contributed by atoms with Gasteiger partial charge in [-0.15, -0.1) is 11.3 Å². The minimum absolute atomic E-state index is 0.0662. The highest BCUT2D eigenvalue weighted by atomic mass is 32.1. The first-order valence-corrected chi connectivity index (χ1v) is 7.99. The molecular formula is C16H19FN2S. The largest absolute Gasteiger partial charge is 0.308 e. The summed E-state index contributed by atoms with van der Waals surface area (Å²) in [6, 6.07) is 7.62. The topological polar surface area (TPSA) is 24.9 Å². The van der Waals surface area contributed by atoms with E-state index in [-0.39, 0.29) is 5.82 Å². The molecule has 1 N–H and O–H groups in total. The van der Waals surface area contributed by atoms with Gasteiger partial charge in [-0.25, -0.2) is 9.37 Å². The molecule has 1 heterocycles. The first kappa shape index (κ1) is 13.7. The van der Waals surface area contributed by atoms with Crippen LogP contribution in [0.15, 0.2) is 30.5 Å². The standard InChI is InChI=1S/C16H19FN2S/c1-2-13-9-19-16(20-13)10-18-12-7-11(8-12)14-5-3-4-6-15(14)17/h3-6,9,11-12,18H,2,7-8,10H2,1H3. The third-order valence-electron chi connectivity index (χ3n) is 3.97. The van der Waals surface area contributed by atoms with Crippen LogP contribution in [-0.4, -0.2) is 11.0 Å². The van der Waals surface area contributed by atoms with Crippen molar-refractivity contribution < 1.29 is 4.39 Å². The third kappa shape index (κ3) is 2.91. The van der Waals surface area contributed by atoms with Crippen molar-refractivity contribution in [3.63, 3.8) is 0 Å². The van der Waals surface area contributed by atoms with Crippen LogP contribution in [0.5, 0.6) is 0 Å². The minimum Gasteiger partial charge on any atom is -0.308 e. The number of halogens is 1. The van der Waals surface area contributed by atoms with Gasteiger partial charge in [0.15, 0.2) is 0 Å². The molecule has 0 amide bonds. The first-order valence-electron chi connectivity index (χ1n) is 7.17. The minimum atomic E-state index is -0.0662. The molecule has 0 aliphatic heterocycles. The maximum Gasteiger partial charge on any atom is 0.126 e. The van der Waals surface area contributed by atoms with E-state index in [9.17, 15) is 4.39 Å². The Labute approximate surface area is 123 Å². The Kier molecular flexibility index (Phi) is 4.13. The summed E-state index contributed by atoms with van der Waals surface area (Å²) < 4.78 is 13.7. The lowest BCUT2D eigenvalue weighted by atomic mass is 9.75.